The Kier molecular flexibility index (Phi) is 5.46. The SMILES string of the molecule is O=C(Cc1ccc(Br)c2ccccc12)N/N=C/c1cccc([N+](=O)[O-])c1O. The lowest BCUT2D eigenvalue weighted by Gasteiger charge is -2.07. The van der Waals surface area contributed by atoms with Gasteiger partial charge in [0.1, 0.15) is 0 Å². The Bertz CT molecular complexity index is 1070. The fraction of sp³-hybridized carbons (Fsp3) is 0.0526. The van der Waals surface area contributed by atoms with Gasteiger partial charge in [0.2, 0.25) is 11.7 Å². The summed E-state index contributed by atoms with van der Waals surface area (Å²) in [5.41, 5.74) is 2.93. The molecule has 0 atom stereocenters. The number of aromatic hydroxyl groups is 1. The van der Waals surface area contributed by atoms with E-state index in [9.17, 15) is 20.0 Å². The summed E-state index contributed by atoms with van der Waals surface area (Å²) >= 11 is 3.49. The number of fused-ring (bicyclic) bond motifs is 1. The minimum Gasteiger partial charge on any atom is -0.502 e. The first-order valence-electron chi connectivity index (χ1n) is 7.92. The standard InChI is InChI=1S/C19H14BrN3O4/c20-16-9-8-12(14-5-1-2-6-15(14)16)10-18(24)22-21-11-13-4-3-7-17(19(13)25)23(26)27/h1-9,11,25H,10H2,(H,22,24)/b21-11+. The molecule has 0 fully saturated rings. The molecule has 7 nitrogen and oxygen atoms in total. The molecule has 136 valence electrons. The molecule has 0 unspecified atom stereocenters. The van der Waals surface area contributed by atoms with Crippen molar-refractivity contribution in [2.75, 3.05) is 0 Å². The van der Waals surface area contributed by atoms with Gasteiger partial charge in [0, 0.05) is 16.1 Å². The van der Waals surface area contributed by atoms with E-state index >= 15 is 0 Å². The van der Waals surface area contributed by atoms with Crippen molar-refractivity contribution in [3.05, 3.63) is 80.3 Å². The first kappa shape index (κ1) is 18.5. The van der Waals surface area contributed by atoms with Crippen molar-refractivity contribution in [2.45, 2.75) is 6.42 Å². The van der Waals surface area contributed by atoms with Crippen molar-refractivity contribution in [3.63, 3.8) is 0 Å². The van der Waals surface area contributed by atoms with Crippen LogP contribution in [0.5, 0.6) is 5.75 Å². The lowest BCUT2D eigenvalue weighted by molar-refractivity contribution is -0.385. The van der Waals surface area contributed by atoms with Crippen LogP contribution in [0.1, 0.15) is 11.1 Å². The molecule has 3 aromatic carbocycles. The molecule has 8 heteroatoms. The molecule has 0 radical (unpaired) electrons. The molecule has 0 aromatic heterocycles. The van der Waals surface area contributed by atoms with Crippen LogP contribution in [-0.4, -0.2) is 22.2 Å². The second-order valence-electron chi connectivity index (χ2n) is 5.69. The zero-order chi connectivity index (χ0) is 19.4. The molecular formula is C19H14BrN3O4. The van der Waals surface area contributed by atoms with Gasteiger partial charge < -0.3 is 5.11 Å². The second kappa shape index (κ2) is 7.96. The van der Waals surface area contributed by atoms with Crippen LogP contribution < -0.4 is 5.43 Å². The summed E-state index contributed by atoms with van der Waals surface area (Å²) in [5.74, 6) is -0.844. The number of phenols is 1. The Morgan fingerprint density at radius 3 is 2.63 bits per heavy atom. The number of para-hydroxylation sites is 1. The van der Waals surface area contributed by atoms with Crippen LogP contribution in [-0.2, 0) is 11.2 Å². The van der Waals surface area contributed by atoms with E-state index in [0.29, 0.717) is 0 Å². The van der Waals surface area contributed by atoms with Crippen LogP contribution in [0.3, 0.4) is 0 Å². The highest BCUT2D eigenvalue weighted by molar-refractivity contribution is 9.10. The third kappa shape index (κ3) is 4.12. The van der Waals surface area contributed by atoms with Gasteiger partial charge in [0.15, 0.2) is 0 Å². The molecule has 2 N–H and O–H groups in total. The summed E-state index contributed by atoms with van der Waals surface area (Å²) in [4.78, 5) is 22.3. The molecule has 0 aliphatic carbocycles. The normalized spacial score (nSPS) is 11.0. The highest BCUT2D eigenvalue weighted by atomic mass is 79.9. The van der Waals surface area contributed by atoms with Gasteiger partial charge in [-0.25, -0.2) is 5.43 Å². The zero-order valence-corrected chi connectivity index (χ0v) is 15.5. The maximum atomic E-state index is 12.2. The van der Waals surface area contributed by atoms with Gasteiger partial charge in [-0.1, -0.05) is 52.3 Å². The number of nitro groups is 1. The molecule has 0 bridgehead atoms. The van der Waals surface area contributed by atoms with Gasteiger partial charge in [-0.2, -0.15) is 5.10 Å². The molecule has 1 amide bonds. The number of nitro benzene ring substituents is 1. The maximum Gasteiger partial charge on any atom is 0.311 e. The molecular weight excluding hydrogens is 414 g/mol. The second-order valence-corrected chi connectivity index (χ2v) is 6.55. The molecule has 0 heterocycles. The summed E-state index contributed by atoms with van der Waals surface area (Å²) in [6.45, 7) is 0. The van der Waals surface area contributed by atoms with Crippen LogP contribution in [0.15, 0.2) is 64.2 Å². The predicted molar refractivity (Wildman–Crippen MR) is 106 cm³/mol. The van der Waals surface area contributed by atoms with Crippen molar-refractivity contribution in [1.82, 2.24) is 5.43 Å². The van der Waals surface area contributed by atoms with E-state index in [1.54, 1.807) is 0 Å². The van der Waals surface area contributed by atoms with Crippen molar-refractivity contribution < 1.29 is 14.8 Å². The minimum absolute atomic E-state index is 0.117. The average Bonchev–Trinajstić information content (AvgIpc) is 2.65. The lowest BCUT2D eigenvalue weighted by Crippen LogP contribution is -2.20. The summed E-state index contributed by atoms with van der Waals surface area (Å²) in [6.07, 6.45) is 1.28. The number of carbonyl (C=O) groups is 1. The molecule has 0 aliphatic rings. The highest BCUT2D eigenvalue weighted by Crippen LogP contribution is 2.28. The van der Waals surface area contributed by atoms with Gasteiger partial charge in [0.25, 0.3) is 0 Å². The molecule has 0 saturated heterocycles. The smallest absolute Gasteiger partial charge is 0.311 e. The summed E-state index contributed by atoms with van der Waals surface area (Å²) in [5, 5.41) is 26.4. The molecule has 27 heavy (non-hydrogen) atoms. The Labute approximate surface area is 162 Å². The number of nitrogens with zero attached hydrogens (tertiary/aromatic N) is 2. The van der Waals surface area contributed by atoms with Crippen LogP contribution in [0, 0.1) is 10.1 Å². The quantitative estimate of drug-likeness (QED) is 0.365. The van der Waals surface area contributed by atoms with Crippen LogP contribution in [0.4, 0.5) is 5.69 Å². The fourth-order valence-electron chi connectivity index (χ4n) is 2.67. The topological polar surface area (TPSA) is 105 Å². The average molecular weight is 428 g/mol. The molecule has 0 aliphatic heterocycles. The van der Waals surface area contributed by atoms with E-state index in [1.807, 2.05) is 36.4 Å². The molecule has 3 rings (SSSR count). The first-order valence-corrected chi connectivity index (χ1v) is 8.71. The Hall–Kier alpha value is -3.26. The number of hydrazone groups is 1. The largest absolute Gasteiger partial charge is 0.502 e. The number of halogens is 1. The molecule has 0 saturated carbocycles. The van der Waals surface area contributed by atoms with E-state index in [2.05, 4.69) is 26.5 Å². The third-order valence-electron chi connectivity index (χ3n) is 3.95. The van der Waals surface area contributed by atoms with Crippen molar-refractivity contribution in [2.24, 2.45) is 5.10 Å². The fourth-order valence-corrected chi connectivity index (χ4v) is 3.14. The van der Waals surface area contributed by atoms with E-state index in [0.717, 1.165) is 20.8 Å². The minimum atomic E-state index is -0.691. The van der Waals surface area contributed by atoms with Crippen LogP contribution in [0.25, 0.3) is 10.8 Å². The van der Waals surface area contributed by atoms with Crippen LogP contribution >= 0.6 is 15.9 Å². The van der Waals surface area contributed by atoms with Crippen LogP contribution in [0.2, 0.25) is 0 Å². The third-order valence-corrected chi connectivity index (χ3v) is 4.64. The first-order chi connectivity index (χ1) is 13.0. The molecule has 3 aromatic rings. The van der Waals surface area contributed by atoms with Crippen molar-refractivity contribution >= 4 is 44.5 Å². The van der Waals surface area contributed by atoms with E-state index in [-0.39, 0.29) is 17.9 Å². The summed E-state index contributed by atoms with van der Waals surface area (Å²) in [7, 11) is 0. The number of amides is 1. The van der Waals surface area contributed by atoms with E-state index < -0.39 is 16.4 Å². The maximum absolute atomic E-state index is 12.2. The number of hydrogen-bond donors (Lipinski definition) is 2. The number of phenolic OH excluding ortho intramolecular Hbond substituents is 1. The van der Waals surface area contributed by atoms with Gasteiger partial charge in [-0.05, 0) is 28.5 Å². The van der Waals surface area contributed by atoms with Crippen molar-refractivity contribution in [1.29, 1.82) is 0 Å². The summed E-state index contributed by atoms with van der Waals surface area (Å²) < 4.78 is 0.946. The number of rotatable bonds is 5. The zero-order valence-electron chi connectivity index (χ0n) is 13.9. The van der Waals surface area contributed by atoms with Crippen molar-refractivity contribution in [3.8, 4) is 5.75 Å². The molecule has 0 spiro atoms. The number of nitrogens with one attached hydrogen (secondary N) is 1. The summed E-state index contributed by atoms with van der Waals surface area (Å²) in [6, 6.07) is 15.5. The van der Waals surface area contributed by atoms with Gasteiger partial charge in [0.05, 0.1) is 17.6 Å². The number of hydrogen-bond acceptors (Lipinski definition) is 5. The number of carbonyl (C=O) groups excluding carboxylic acids is 1. The Morgan fingerprint density at radius 1 is 1.15 bits per heavy atom. The van der Waals surface area contributed by atoms with Gasteiger partial charge >= 0.3 is 5.69 Å². The lowest BCUT2D eigenvalue weighted by atomic mass is 10.0. The Balaban J connectivity index is 1.73. The van der Waals surface area contributed by atoms with Gasteiger partial charge in [-0.15, -0.1) is 0 Å². The number of benzene rings is 3. The van der Waals surface area contributed by atoms with E-state index in [1.165, 1.54) is 24.4 Å². The van der Waals surface area contributed by atoms with Gasteiger partial charge in [-0.3, -0.25) is 14.9 Å². The predicted octanol–water partition coefficient (Wildman–Crippen LogP) is 3.91. The Morgan fingerprint density at radius 2 is 1.89 bits per heavy atom. The highest BCUT2D eigenvalue weighted by Gasteiger charge is 2.15. The van der Waals surface area contributed by atoms with E-state index in [4.69, 9.17) is 0 Å². The monoisotopic (exact) mass is 427 g/mol.